The maximum atomic E-state index is 10.2. The highest BCUT2D eigenvalue weighted by atomic mass is 32.2. The van der Waals surface area contributed by atoms with E-state index in [-0.39, 0.29) is 0 Å². The summed E-state index contributed by atoms with van der Waals surface area (Å²) in [5.74, 6) is 0. The summed E-state index contributed by atoms with van der Waals surface area (Å²) in [6.07, 6.45) is 6.32. The largest absolute Gasteiger partial charge is 0.389 e. The molecule has 17 heavy (non-hydrogen) atoms. The molecule has 0 atom stereocenters. The van der Waals surface area contributed by atoms with Crippen molar-refractivity contribution in [1.29, 1.82) is 0 Å². The van der Waals surface area contributed by atoms with Gasteiger partial charge in [-0.15, -0.1) is 11.8 Å². The SMILES string of the molecule is CSc1ccc(CNCC2(O)CCCC2)cc1. The number of thioether (sulfide) groups is 1. The fourth-order valence-corrected chi connectivity index (χ4v) is 2.80. The number of rotatable bonds is 5. The van der Waals surface area contributed by atoms with Crippen LogP contribution in [0.1, 0.15) is 31.2 Å². The number of benzene rings is 1. The molecule has 0 aromatic heterocycles. The molecule has 2 nitrogen and oxygen atoms in total. The van der Waals surface area contributed by atoms with Crippen molar-refractivity contribution < 1.29 is 5.11 Å². The van der Waals surface area contributed by atoms with Gasteiger partial charge in [0.15, 0.2) is 0 Å². The molecule has 0 saturated heterocycles. The van der Waals surface area contributed by atoms with Crippen molar-refractivity contribution in [2.75, 3.05) is 12.8 Å². The van der Waals surface area contributed by atoms with E-state index in [1.807, 2.05) is 0 Å². The average Bonchev–Trinajstić information content (AvgIpc) is 2.77. The molecule has 1 aromatic carbocycles. The van der Waals surface area contributed by atoms with Crippen LogP contribution in [0.2, 0.25) is 0 Å². The van der Waals surface area contributed by atoms with Crippen LogP contribution >= 0.6 is 11.8 Å². The number of hydrogen-bond acceptors (Lipinski definition) is 3. The van der Waals surface area contributed by atoms with Gasteiger partial charge < -0.3 is 10.4 Å². The first kappa shape index (κ1) is 12.9. The summed E-state index contributed by atoms with van der Waals surface area (Å²) >= 11 is 1.76. The highest BCUT2D eigenvalue weighted by Crippen LogP contribution is 2.28. The molecular formula is C14H21NOS. The van der Waals surface area contributed by atoms with E-state index in [0.717, 1.165) is 25.9 Å². The van der Waals surface area contributed by atoms with Crippen LogP contribution in [0.5, 0.6) is 0 Å². The van der Waals surface area contributed by atoms with Crippen LogP contribution in [0.3, 0.4) is 0 Å². The summed E-state index contributed by atoms with van der Waals surface area (Å²) in [7, 11) is 0. The Morgan fingerprint density at radius 1 is 1.24 bits per heavy atom. The normalized spacial score (nSPS) is 18.5. The zero-order valence-corrected chi connectivity index (χ0v) is 11.2. The zero-order chi connectivity index (χ0) is 12.1. The third kappa shape index (κ3) is 3.73. The standard InChI is InChI=1S/C14H21NOS/c1-17-13-6-4-12(5-7-13)10-15-11-14(16)8-2-3-9-14/h4-7,15-16H,2-3,8-11H2,1H3. The minimum absolute atomic E-state index is 0.445. The Morgan fingerprint density at radius 2 is 1.88 bits per heavy atom. The molecule has 0 spiro atoms. The third-order valence-corrected chi connectivity index (χ3v) is 4.22. The summed E-state index contributed by atoms with van der Waals surface area (Å²) in [6, 6.07) is 8.59. The van der Waals surface area contributed by atoms with E-state index in [1.54, 1.807) is 11.8 Å². The molecule has 1 aromatic rings. The molecule has 1 saturated carbocycles. The second kappa shape index (κ2) is 5.89. The summed E-state index contributed by atoms with van der Waals surface area (Å²) in [5, 5.41) is 13.6. The van der Waals surface area contributed by atoms with Gasteiger partial charge in [0.2, 0.25) is 0 Å². The Bertz CT molecular complexity index is 344. The minimum Gasteiger partial charge on any atom is -0.389 e. The Kier molecular flexibility index (Phi) is 4.48. The summed E-state index contributed by atoms with van der Waals surface area (Å²) in [4.78, 5) is 1.29. The monoisotopic (exact) mass is 251 g/mol. The fourth-order valence-electron chi connectivity index (χ4n) is 2.39. The van der Waals surface area contributed by atoms with Crippen LogP contribution in [-0.4, -0.2) is 23.5 Å². The Hall–Kier alpha value is -0.510. The van der Waals surface area contributed by atoms with Gasteiger partial charge in [-0.2, -0.15) is 0 Å². The van der Waals surface area contributed by atoms with Crippen LogP contribution in [-0.2, 0) is 6.54 Å². The van der Waals surface area contributed by atoms with Crippen molar-refractivity contribution in [3.05, 3.63) is 29.8 Å². The maximum absolute atomic E-state index is 10.2. The topological polar surface area (TPSA) is 32.3 Å². The van der Waals surface area contributed by atoms with E-state index in [4.69, 9.17) is 0 Å². The lowest BCUT2D eigenvalue weighted by Crippen LogP contribution is -2.37. The predicted octanol–water partition coefficient (Wildman–Crippen LogP) is 2.80. The fraction of sp³-hybridized carbons (Fsp3) is 0.571. The Labute approximate surface area is 108 Å². The second-order valence-electron chi connectivity index (χ2n) is 4.88. The van der Waals surface area contributed by atoms with Gasteiger partial charge in [-0.1, -0.05) is 25.0 Å². The van der Waals surface area contributed by atoms with Crippen molar-refractivity contribution in [3.8, 4) is 0 Å². The lowest BCUT2D eigenvalue weighted by molar-refractivity contribution is 0.0475. The summed E-state index contributed by atoms with van der Waals surface area (Å²) in [5.41, 5.74) is 0.837. The van der Waals surface area contributed by atoms with Crippen molar-refractivity contribution in [2.45, 2.75) is 42.7 Å². The molecule has 0 aliphatic heterocycles. The molecule has 3 heteroatoms. The highest BCUT2D eigenvalue weighted by molar-refractivity contribution is 7.98. The third-order valence-electron chi connectivity index (χ3n) is 3.48. The smallest absolute Gasteiger partial charge is 0.0771 e. The summed E-state index contributed by atoms with van der Waals surface area (Å²) in [6.45, 7) is 1.56. The van der Waals surface area contributed by atoms with Crippen LogP contribution in [0, 0.1) is 0 Å². The number of hydrogen-bond donors (Lipinski definition) is 2. The van der Waals surface area contributed by atoms with Gasteiger partial charge in [0.05, 0.1) is 5.60 Å². The van der Waals surface area contributed by atoms with E-state index in [9.17, 15) is 5.11 Å². The quantitative estimate of drug-likeness (QED) is 0.789. The zero-order valence-electron chi connectivity index (χ0n) is 10.4. The van der Waals surface area contributed by atoms with Gasteiger partial charge in [-0.3, -0.25) is 0 Å². The van der Waals surface area contributed by atoms with Gasteiger partial charge in [-0.25, -0.2) is 0 Å². The van der Waals surface area contributed by atoms with Gasteiger partial charge >= 0.3 is 0 Å². The molecule has 0 unspecified atom stereocenters. The molecule has 0 radical (unpaired) electrons. The van der Waals surface area contributed by atoms with Gasteiger partial charge in [0.1, 0.15) is 0 Å². The molecule has 2 rings (SSSR count). The first-order valence-electron chi connectivity index (χ1n) is 6.28. The maximum Gasteiger partial charge on any atom is 0.0771 e. The lowest BCUT2D eigenvalue weighted by atomic mass is 10.0. The summed E-state index contributed by atoms with van der Waals surface area (Å²) < 4.78 is 0. The van der Waals surface area contributed by atoms with Crippen LogP contribution in [0.15, 0.2) is 29.2 Å². The molecule has 0 bridgehead atoms. The second-order valence-corrected chi connectivity index (χ2v) is 5.76. The van der Waals surface area contributed by atoms with Crippen molar-refractivity contribution >= 4 is 11.8 Å². The van der Waals surface area contributed by atoms with Crippen LogP contribution in [0.4, 0.5) is 0 Å². The molecule has 2 N–H and O–H groups in total. The molecule has 1 fully saturated rings. The van der Waals surface area contributed by atoms with E-state index in [0.29, 0.717) is 0 Å². The molecule has 94 valence electrons. The van der Waals surface area contributed by atoms with E-state index < -0.39 is 5.60 Å². The molecule has 0 amide bonds. The number of nitrogens with one attached hydrogen (secondary N) is 1. The molecular weight excluding hydrogens is 230 g/mol. The average molecular weight is 251 g/mol. The Morgan fingerprint density at radius 3 is 2.47 bits per heavy atom. The van der Waals surface area contributed by atoms with Gasteiger partial charge in [0.25, 0.3) is 0 Å². The molecule has 0 heterocycles. The van der Waals surface area contributed by atoms with Crippen LogP contribution in [0.25, 0.3) is 0 Å². The highest BCUT2D eigenvalue weighted by Gasteiger charge is 2.30. The van der Waals surface area contributed by atoms with Gasteiger partial charge in [0, 0.05) is 18.0 Å². The minimum atomic E-state index is -0.445. The van der Waals surface area contributed by atoms with E-state index in [1.165, 1.54) is 23.3 Å². The molecule has 1 aliphatic rings. The van der Waals surface area contributed by atoms with Crippen LogP contribution < -0.4 is 5.32 Å². The molecule has 1 aliphatic carbocycles. The first-order chi connectivity index (χ1) is 8.22. The van der Waals surface area contributed by atoms with Crippen molar-refractivity contribution in [3.63, 3.8) is 0 Å². The van der Waals surface area contributed by atoms with Crippen molar-refractivity contribution in [1.82, 2.24) is 5.32 Å². The Balaban J connectivity index is 1.77. The van der Waals surface area contributed by atoms with Gasteiger partial charge in [-0.05, 0) is 36.8 Å². The predicted molar refractivity (Wildman–Crippen MR) is 73.3 cm³/mol. The number of aliphatic hydroxyl groups is 1. The van der Waals surface area contributed by atoms with E-state index >= 15 is 0 Å². The van der Waals surface area contributed by atoms with Crippen molar-refractivity contribution in [2.24, 2.45) is 0 Å². The van der Waals surface area contributed by atoms with E-state index in [2.05, 4.69) is 35.8 Å². The first-order valence-corrected chi connectivity index (χ1v) is 7.50. The lowest BCUT2D eigenvalue weighted by Gasteiger charge is -2.22.